The van der Waals surface area contributed by atoms with E-state index >= 15 is 0 Å². The lowest BCUT2D eigenvalue weighted by molar-refractivity contribution is -0.146. The largest absolute Gasteiger partial charge is 0.465 e. The van der Waals surface area contributed by atoms with Crippen LogP contribution in [0.2, 0.25) is 0 Å². The maximum atomic E-state index is 12.4. The van der Waals surface area contributed by atoms with Crippen molar-refractivity contribution in [3.05, 3.63) is 22.5 Å². The van der Waals surface area contributed by atoms with Gasteiger partial charge < -0.3 is 14.5 Å². The highest BCUT2D eigenvalue weighted by molar-refractivity contribution is 6.03. The van der Waals surface area contributed by atoms with Crippen LogP contribution in [0.3, 0.4) is 0 Å². The molecule has 0 aliphatic rings. The van der Waals surface area contributed by atoms with Gasteiger partial charge in [-0.1, -0.05) is 13.3 Å². The van der Waals surface area contributed by atoms with Gasteiger partial charge >= 0.3 is 11.9 Å². The smallest absolute Gasteiger partial charge is 0.339 e. The van der Waals surface area contributed by atoms with Crippen molar-refractivity contribution in [2.45, 2.75) is 53.1 Å². The summed E-state index contributed by atoms with van der Waals surface area (Å²) in [6.45, 7) is 6.85. The molecule has 0 spiro atoms. The molecule has 1 unspecified atom stereocenters. The average Bonchev–Trinajstić information content (AvgIpc) is 2.78. The van der Waals surface area contributed by atoms with Crippen molar-refractivity contribution in [3.63, 3.8) is 0 Å². The maximum absolute atomic E-state index is 12.4. The highest BCUT2D eigenvalue weighted by Gasteiger charge is 2.27. The summed E-state index contributed by atoms with van der Waals surface area (Å²) in [5, 5.41) is 0. The standard InChI is InChI=1S/C16H23NO5/c1-6-7-8-12(18)22-11(4)15(19)14-9(2)13(10(3)17-14)16(20)21-5/h11,17H,6-8H2,1-5H3. The number of hydrogen-bond acceptors (Lipinski definition) is 5. The van der Waals surface area contributed by atoms with Gasteiger partial charge in [0.05, 0.1) is 18.4 Å². The van der Waals surface area contributed by atoms with Gasteiger partial charge in [-0.25, -0.2) is 4.79 Å². The van der Waals surface area contributed by atoms with E-state index in [2.05, 4.69) is 4.98 Å². The van der Waals surface area contributed by atoms with Gasteiger partial charge in [0.2, 0.25) is 5.78 Å². The number of carbonyl (C=O) groups excluding carboxylic acids is 3. The van der Waals surface area contributed by atoms with Crippen LogP contribution in [-0.4, -0.2) is 35.9 Å². The number of H-pyrrole nitrogens is 1. The van der Waals surface area contributed by atoms with E-state index in [1.54, 1.807) is 13.8 Å². The summed E-state index contributed by atoms with van der Waals surface area (Å²) in [4.78, 5) is 38.6. The Bertz CT molecular complexity index is 573. The van der Waals surface area contributed by atoms with Gasteiger partial charge in [0.25, 0.3) is 0 Å². The third kappa shape index (κ3) is 3.96. The predicted molar refractivity (Wildman–Crippen MR) is 81.0 cm³/mol. The molecule has 1 aromatic heterocycles. The Balaban J connectivity index is 2.90. The quantitative estimate of drug-likeness (QED) is 0.618. The van der Waals surface area contributed by atoms with Gasteiger partial charge in [0.1, 0.15) is 0 Å². The minimum atomic E-state index is -0.897. The molecule has 0 aliphatic heterocycles. The van der Waals surface area contributed by atoms with Crippen LogP contribution >= 0.6 is 0 Å². The lowest BCUT2D eigenvalue weighted by Gasteiger charge is -2.12. The first kappa shape index (κ1) is 17.9. The summed E-state index contributed by atoms with van der Waals surface area (Å²) >= 11 is 0. The number of Topliss-reactive ketones (excluding diaryl/α,β-unsaturated/α-hetero) is 1. The Morgan fingerprint density at radius 1 is 1.23 bits per heavy atom. The molecular formula is C16H23NO5. The molecule has 1 atom stereocenters. The number of ketones is 1. The summed E-state index contributed by atoms with van der Waals surface area (Å²) in [6, 6.07) is 0. The maximum Gasteiger partial charge on any atom is 0.339 e. The second-order valence-electron chi connectivity index (χ2n) is 5.22. The Kier molecular flexibility index (Phi) is 6.34. The molecule has 0 aromatic carbocycles. The molecule has 0 aliphatic carbocycles. The summed E-state index contributed by atoms with van der Waals surface area (Å²) in [6.07, 6.45) is 1.01. The fraction of sp³-hybridized carbons (Fsp3) is 0.562. The fourth-order valence-corrected chi connectivity index (χ4v) is 2.24. The number of hydrogen-bond donors (Lipinski definition) is 1. The monoisotopic (exact) mass is 309 g/mol. The van der Waals surface area contributed by atoms with Crippen LogP contribution in [0.5, 0.6) is 0 Å². The molecule has 1 aromatic rings. The zero-order valence-corrected chi connectivity index (χ0v) is 13.7. The SMILES string of the molecule is CCCCC(=O)OC(C)C(=O)c1[nH]c(C)c(C(=O)OC)c1C. The second kappa shape index (κ2) is 7.77. The molecule has 1 heterocycles. The fourth-order valence-electron chi connectivity index (χ4n) is 2.24. The van der Waals surface area contributed by atoms with Gasteiger partial charge in [-0.3, -0.25) is 9.59 Å². The number of aromatic nitrogens is 1. The van der Waals surface area contributed by atoms with Crippen molar-refractivity contribution in [1.29, 1.82) is 0 Å². The van der Waals surface area contributed by atoms with E-state index in [1.165, 1.54) is 14.0 Å². The topological polar surface area (TPSA) is 85.5 Å². The minimum Gasteiger partial charge on any atom is -0.465 e. The van der Waals surface area contributed by atoms with Gasteiger partial charge in [-0.15, -0.1) is 0 Å². The van der Waals surface area contributed by atoms with Gasteiger partial charge in [-0.2, -0.15) is 0 Å². The summed E-state index contributed by atoms with van der Waals surface area (Å²) in [7, 11) is 1.29. The molecule has 1 rings (SSSR count). The van der Waals surface area contributed by atoms with E-state index in [0.717, 1.165) is 12.8 Å². The molecule has 0 saturated heterocycles. The molecule has 0 bridgehead atoms. The lowest BCUT2D eigenvalue weighted by atomic mass is 10.1. The first-order valence-electron chi connectivity index (χ1n) is 7.34. The van der Waals surface area contributed by atoms with Crippen LogP contribution in [0, 0.1) is 13.8 Å². The Morgan fingerprint density at radius 2 is 1.86 bits per heavy atom. The Hall–Kier alpha value is -2.11. The molecule has 0 radical (unpaired) electrons. The average molecular weight is 309 g/mol. The third-order valence-corrected chi connectivity index (χ3v) is 3.49. The van der Waals surface area contributed by atoms with Crippen molar-refractivity contribution in [2.75, 3.05) is 7.11 Å². The Labute approximate surface area is 130 Å². The normalized spacial score (nSPS) is 11.9. The molecule has 6 heteroatoms. The van der Waals surface area contributed by atoms with E-state index in [-0.39, 0.29) is 11.5 Å². The molecule has 0 amide bonds. The zero-order chi connectivity index (χ0) is 16.9. The van der Waals surface area contributed by atoms with Crippen molar-refractivity contribution in [1.82, 2.24) is 4.98 Å². The number of unbranched alkanes of at least 4 members (excludes halogenated alkanes) is 1. The van der Waals surface area contributed by atoms with Crippen LogP contribution in [-0.2, 0) is 14.3 Å². The van der Waals surface area contributed by atoms with Gasteiger partial charge in [0, 0.05) is 12.1 Å². The van der Waals surface area contributed by atoms with Crippen molar-refractivity contribution in [2.24, 2.45) is 0 Å². The summed E-state index contributed by atoms with van der Waals surface area (Å²) in [5.74, 6) is -1.25. The molecule has 0 fully saturated rings. The number of carbonyl (C=O) groups is 3. The number of aryl methyl sites for hydroxylation is 1. The number of esters is 2. The number of aromatic amines is 1. The minimum absolute atomic E-state index is 0.272. The lowest BCUT2D eigenvalue weighted by Crippen LogP contribution is -2.25. The summed E-state index contributed by atoms with van der Waals surface area (Å²) < 4.78 is 9.84. The highest BCUT2D eigenvalue weighted by atomic mass is 16.5. The van der Waals surface area contributed by atoms with E-state index in [9.17, 15) is 14.4 Å². The van der Waals surface area contributed by atoms with Crippen molar-refractivity contribution >= 4 is 17.7 Å². The highest BCUT2D eigenvalue weighted by Crippen LogP contribution is 2.21. The van der Waals surface area contributed by atoms with Crippen molar-refractivity contribution < 1.29 is 23.9 Å². The molecular weight excluding hydrogens is 286 g/mol. The summed E-state index contributed by atoms with van der Waals surface area (Å²) in [5.41, 5.74) is 1.67. The van der Waals surface area contributed by atoms with Gasteiger partial charge in [0.15, 0.2) is 6.10 Å². The van der Waals surface area contributed by atoms with Crippen LogP contribution in [0.1, 0.15) is 65.2 Å². The van der Waals surface area contributed by atoms with Crippen LogP contribution in [0.25, 0.3) is 0 Å². The van der Waals surface area contributed by atoms with Crippen LogP contribution in [0.15, 0.2) is 0 Å². The predicted octanol–water partition coefficient (Wildman–Crippen LogP) is 2.72. The first-order chi connectivity index (χ1) is 10.3. The van der Waals surface area contributed by atoms with Crippen LogP contribution < -0.4 is 0 Å². The van der Waals surface area contributed by atoms with Crippen molar-refractivity contribution in [3.8, 4) is 0 Å². The first-order valence-corrected chi connectivity index (χ1v) is 7.34. The van der Waals surface area contributed by atoms with Crippen LogP contribution in [0.4, 0.5) is 0 Å². The number of nitrogens with one attached hydrogen (secondary N) is 1. The number of ether oxygens (including phenoxy) is 2. The van der Waals surface area contributed by atoms with E-state index in [0.29, 0.717) is 23.2 Å². The number of methoxy groups -OCH3 is 1. The van der Waals surface area contributed by atoms with E-state index in [4.69, 9.17) is 9.47 Å². The second-order valence-corrected chi connectivity index (χ2v) is 5.22. The third-order valence-electron chi connectivity index (χ3n) is 3.49. The van der Waals surface area contributed by atoms with Gasteiger partial charge in [-0.05, 0) is 32.8 Å². The van der Waals surface area contributed by atoms with E-state index < -0.39 is 18.0 Å². The Morgan fingerprint density at radius 3 is 2.41 bits per heavy atom. The molecule has 22 heavy (non-hydrogen) atoms. The van der Waals surface area contributed by atoms with E-state index in [1.807, 2.05) is 6.92 Å². The zero-order valence-electron chi connectivity index (χ0n) is 13.7. The molecule has 1 N–H and O–H groups in total. The molecule has 0 saturated carbocycles. The molecule has 6 nitrogen and oxygen atoms in total. The number of rotatable bonds is 7. The molecule has 122 valence electrons.